The first-order valence-corrected chi connectivity index (χ1v) is 9.97. The van der Waals surface area contributed by atoms with Gasteiger partial charge >= 0.3 is 0 Å². The van der Waals surface area contributed by atoms with Gasteiger partial charge in [0, 0.05) is 34.9 Å². The quantitative estimate of drug-likeness (QED) is 0.854. The van der Waals surface area contributed by atoms with E-state index >= 15 is 0 Å². The standard InChI is InChI=1S/C18H27NO2S/c1-14-16(13-22(2)21)9-6-10-17(14)19-18(20)12-11-15-7-4-3-5-8-15/h6,9-10,15H,3-5,7-8,11-13H2,1-2H3,(H,19,20)/t22-/m0/s1. The van der Waals surface area contributed by atoms with Crippen LogP contribution in [0.3, 0.4) is 0 Å². The van der Waals surface area contributed by atoms with Crippen LogP contribution in [-0.2, 0) is 21.3 Å². The van der Waals surface area contributed by atoms with Crippen molar-refractivity contribution in [3.05, 3.63) is 29.3 Å². The van der Waals surface area contributed by atoms with Gasteiger partial charge in [0.2, 0.25) is 5.91 Å². The number of carbonyl (C=O) groups excluding carboxylic acids is 1. The van der Waals surface area contributed by atoms with Gasteiger partial charge in [0.15, 0.2) is 0 Å². The van der Waals surface area contributed by atoms with Crippen LogP contribution in [0.25, 0.3) is 0 Å². The first-order valence-electron chi connectivity index (χ1n) is 8.24. The second-order valence-corrected chi connectivity index (χ2v) is 7.83. The molecule has 3 nitrogen and oxygen atoms in total. The zero-order chi connectivity index (χ0) is 15.9. The van der Waals surface area contributed by atoms with E-state index in [9.17, 15) is 9.00 Å². The van der Waals surface area contributed by atoms with Crippen molar-refractivity contribution in [1.29, 1.82) is 0 Å². The molecule has 0 saturated heterocycles. The summed E-state index contributed by atoms with van der Waals surface area (Å²) in [4.78, 5) is 12.2. The second-order valence-electron chi connectivity index (χ2n) is 6.40. The molecule has 1 atom stereocenters. The number of hydrogen-bond acceptors (Lipinski definition) is 2. The Hall–Kier alpha value is -1.16. The van der Waals surface area contributed by atoms with Crippen LogP contribution < -0.4 is 5.32 Å². The van der Waals surface area contributed by atoms with E-state index in [2.05, 4.69) is 5.32 Å². The molecule has 1 aromatic carbocycles. The maximum Gasteiger partial charge on any atom is 0.224 e. The lowest BCUT2D eigenvalue weighted by atomic mass is 9.86. The molecule has 1 aliphatic rings. The molecule has 0 radical (unpaired) electrons. The van der Waals surface area contributed by atoms with Crippen molar-refractivity contribution in [2.75, 3.05) is 11.6 Å². The zero-order valence-corrected chi connectivity index (χ0v) is 14.5. The maximum absolute atomic E-state index is 12.2. The van der Waals surface area contributed by atoms with Crippen LogP contribution in [0.2, 0.25) is 0 Å². The summed E-state index contributed by atoms with van der Waals surface area (Å²) in [6.45, 7) is 1.99. The molecule has 1 saturated carbocycles. The molecule has 0 unspecified atom stereocenters. The van der Waals surface area contributed by atoms with E-state index in [1.807, 2.05) is 25.1 Å². The predicted molar refractivity (Wildman–Crippen MR) is 93.4 cm³/mol. The predicted octanol–water partition coefficient (Wildman–Crippen LogP) is 4.17. The average molecular weight is 321 g/mol. The molecular weight excluding hydrogens is 294 g/mol. The summed E-state index contributed by atoms with van der Waals surface area (Å²) in [7, 11) is -0.867. The highest BCUT2D eigenvalue weighted by molar-refractivity contribution is 7.83. The molecule has 122 valence electrons. The lowest BCUT2D eigenvalue weighted by Gasteiger charge is -2.21. The smallest absolute Gasteiger partial charge is 0.224 e. The van der Waals surface area contributed by atoms with Crippen molar-refractivity contribution in [3.8, 4) is 0 Å². The van der Waals surface area contributed by atoms with E-state index in [0.29, 0.717) is 12.2 Å². The third kappa shape index (κ3) is 5.24. The highest BCUT2D eigenvalue weighted by Crippen LogP contribution is 2.27. The molecule has 0 bridgehead atoms. The normalized spacial score (nSPS) is 17.2. The van der Waals surface area contributed by atoms with Gasteiger partial charge in [-0.2, -0.15) is 0 Å². The van der Waals surface area contributed by atoms with Gasteiger partial charge in [-0.05, 0) is 36.5 Å². The lowest BCUT2D eigenvalue weighted by Crippen LogP contribution is -2.15. The summed E-state index contributed by atoms with van der Waals surface area (Å²) >= 11 is 0. The molecule has 1 aliphatic carbocycles. The maximum atomic E-state index is 12.2. The molecule has 0 aliphatic heterocycles. The largest absolute Gasteiger partial charge is 0.326 e. The van der Waals surface area contributed by atoms with E-state index < -0.39 is 10.8 Å². The summed E-state index contributed by atoms with van der Waals surface area (Å²) in [5.74, 6) is 1.37. The molecule has 4 heteroatoms. The lowest BCUT2D eigenvalue weighted by molar-refractivity contribution is -0.116. The number of nitrogens with one attached hydrogen (secondary N) is 1. The van der Waals surface area contributed by atoms with Gasteiger partial charge < -0.3 is 5.32 Å². The third-order valence-corrected chi connectivity index (χ3v) is 5.30. The highest BCUT2D eigenvalue weighted by Gasteiger charge is 2.15. The molecule has 0 spiro atoms. The molecule has 1 aromatic rings. The molecule has 1 N–H and O–H groups in total. The average Bonchev–Trinajstić information content (AvgIpc) is 2.50. The zero-order valence-electron chi connectivity index (χ0n) is 13.7. The summed E-state index contributed by atoms with van der Waals surface area (Å²) in [5, 5.41) is 3.03. The molecule has 1 fully saturated rings. The Kier molecular flexibility index (Phi) is 6.62. The van der Waals surface area contributed by atoms with Gasteiger partial charge in [-0.25, -0.2) is 0 Å². The van der Waals surface area contributed by atoms with E-state index in [-0.39, 0.29) is 5.91 Å². The fourth-order valence-corrected chi connectivity index (χ4v) is 3.97. The van der Waals surface area contributed by atoms with Gasteiger partial charge in [-0.15, -0.1) is 0 Å². The van der Waals surface area contributed by atoms with Crippen LogP contribution in [-0.4, -0.2) is 16.4 Å². The van der Waals surface area contributed by atoms with Crippen molar-refractivity contribution in [3.63, 3.8) is 0 Å². The van der Waals surface area contributed by atoms with E-state index in [1.165, 1.54) is 32.1 Å². The summed E-state index contributed by atoms with van der Waals surface area (Å²) in [6.07, 6.45) is 9.87. The van der Waals surface area contributed by atoms with Crippen molar-refractivity contribution in [2.45, 2.75) is 57.6 Å². The van der Waals surface area contributed by atoms with Crippen LogP contribution >= 0.6 is 0 Å². The Labute approximate surface area is 136 Å². The number of hydrogen-bond donors (Lipinski definition) is 1. The Balaban J connectivity index is 1.89. The van der Waals surface area contributed by atoms with Crippen LogP contribution in [0.15, 0.2) is 18.2 Å². The fourth-order valence-electron chi connectivity index (χ4n) is 3.22. The van der Waals surface area contributed by atoms with Crippen molar-refractivity contribution in [2.24, 2.45) is 5.92 Å². The fraction of sp³-hybridized carbons (Fsp3) is 0.611. The topological polar surface area (TPSA) is 46.2 Å². The van der Waals surface area contributed by atoms with Gasteiger partial charge in [-0.1, -0.05) is 44.2 Å². The van der Waals surface area contributed by atoms with Crippen molar-refractivity contribution >= 4 is 22.4 Å². The minimum absolute atomic E-state index is 0.100. The van der Waals surface area contributed by atoms with E-state index in [4.69, 9.17) is 0 Å². The molecule has 2 rings (SSSR count). The molecule has 0 aromatic heterocycles. The molecule has 0 heterocycles. The number of carbonyl (C=O) groups is 1. The Morgan fingerprint density at radius 1 is 1.27 bits per heavy atom. The first kappa shape index (κ1) is 17.2. The van der Waals surface area contributed by atoms with Crippen LogP contribution in [0.5, 0.6) is 0 Å². The van der Waals surface area contributed by atoms with Crippen LogP contribution in [0, 0.1) is 12.8 Å². The number of benzene rings is 1. The number of anilines is 1. The Morgan fingerprint density at radius 3 is 2.68 bits per heavy atom. The van der Waals surface area contributed by atoms with Crippen molar-refractivity contribution < 1.29 is 9.00 Å². The minimum Gasteiger partial charge on any atom is -0.326 e. The number of amides is 1. The van der Waals surface area contributed by atoms with E-state index in [1.54, 1.807) is 6.26 Å². The highest BCUT2D eigenvalue weighted by atomic mass is 32.2. The van der Waals surface area contributed by atoms with Gasteiger partial charge in [0.1, 0.15) is 0 Å². The Bertz CT molecular complexity index is 536. The molecule has 22 heavy (non-hydrogen) atoms. The van der Waals surface area contributed by atoms with Gasteiger partial charge in [0.05, 0.1) is 0 Å². The van der Waals surface area contributed by atoms with Gasteiger partial charge in [0.25, 0.3) is 0 Å². The van der Waals surface area contributed by atoms with Crippen molar-refractivity contribution in [1.82, 2.24) is 0 Å². The first-order chi connectivity index (χ1) is 10.6. The molecular formula is C18H27NO2S. The summed E-state index contributed by atoms with van der Waals surface area (Å²) in [6, 6.07) is 5.83. The minimum atomic E-state index is -0.867. The van der Waals surface area contributed by atoms with Crippen LogP contribution in [0.4, 0.5) is 5.69 Å². The monoisotopic (exact) mass is 321 g/mol. The van der Waals surface area contributed by atoms with Crippen LogP contribution in [0.1, 0.15) is 56.1 Å². The summed E-state index contributed by atoms with van der Waals surface area (Å²) in [5.41, 5.74) is 2.94. The van der Waals surface area contributed by atoms with Gasteiger partial charge in [-0.3, -0.25) is 9.00 Å². The van der Waals surface area contributed by atoms with E-state index in [0.717, 1.165) is 29.2 Å². The Morgan fingerprint density at radius 2 is 2.00 bits per heavy atom. The SMILES string of the molecule is Cc1c(C[S@](C)=O)cccc1NC(=O)CCC1CCCCC1. The third-order valence-electron chi connectivity index (χ3n) is 4.58. The second kappa shape index (κ2) is 8.47. The number of rotatable bonds is 6. The summed E-state index contributed by atoms with van der Waals surface area (Å²) < 4.78 is 11.4. The molecule has 1 amide bonds.